The fraction of sp³-hybridized carbons (Fsp3) is 0. The third kappa shape index (κ3) is 2.22. The molecule has 0 spiro atoms. The van der Waals surface area contributed by atoms with E-state index in [0.29, 0.717) is 21.8 Å². The topological polar surface area (TPSA) is 45.8 Å². The van der Waals surface area contributed by atoms with E-state index < -0.39 is 0 Å². The molecule has 0 bridgehead atoms. The highest BCUT2D eigenvalue weighted by molar-refractivity contribution is 6.30. The van der Waals surface area contributed by atoms with Crippen LogP contribution in [0.1, 0.15) is 0 Å². The zero-order chi connectivity index (χ0) is 13.4. The smallest absolute Gasteiger partial charge is 0.256 e. The number of H-pyrrole nitrogens is 1. The third-order valence-corrected chi connectivity index (χ3v) is 3.06. The summed E-state index contributed by atoms with van der Waals surface area (Å²) in [5.41, 5.74) is 1.49. The lowest BCUT2D eigenvalue weighted by molar-refractivity contribution is 0.628. The number of pyridine rings is 2. The van der Waals surface area contributed by atoms with Crippen LogP contribution in [0.4, 0.5) is 4.39 Å². The number of nitrogens with one attached hydrogen (secondary N) is 1. The van der Waals surface area contributed by atoms with Gasteiger partial charge in [-0.1, -0.05) is 23.7 Å². The maximum Gasteiger partial charge on any atom is 0.256 e. The number of halogens is 2. The van der Waals surface area contributed by atoms with Crippen LogP contribution in [0.3, 0.4) is 0 Å². The molecular weight excluding hydrogens is 267 g/mol. The summed E-state index contributed by atoms with van der Waals surface area (Å²) in [6.07, 6.45) is 1.58. The van der Waals surface area contributed by atoms with E-state index in [-0.39, 0.29) is 11.4 Å². The van der Waals surface area contributed by atoms with Gasteiger partial charge in [0.05, 0.1) is 5.52 Å². The van der Waals surface area contributed by atoms with E-state index >= 15 is 0 Å². The number of hydrogen-bond donors (Lipinski definition) is 1. The molecule has 94 valence electrons. The molecule has 0 atom stereocenters. The number of aromatic amines is 1. The van der Waals surface area contributed by atoms with Crippen LogP contribution in [0.25, 0.3) is 22.0 Å². The molecule has 0 amide bonds. The molecule has 2 aromatic heterocycles. The number of nitrogens with zero attached hydrogens (tertiary/aromatic N) is 1. The molecule has 0 fully saturated rings. The quantitative estimate of drug-likeness (QED) is 0.692. The van der Waals surface area contributed by atoms with Crippen LogP contribution in [-0.4, -0.2) is 9.97 Å². The second-order valence-electron chi connectivity index (χ2n) is 4.11. The summed E-state index contributed by atoms with van der Waals surface area (Å²) in [6.45, 7) is 0. The van der Waals surface area contributed by atoms with E-state index in [9.17, 15) is 9.18 Å². The summed E-state index contributed by atoms with van der Waals surface area (Å²) < 4.78 is 12.9. The summed E-state index contributed by atoms with van der Waals surface area (Å²) in [5.74, 6) is -0.339. The van der Waals surface area contributed by atoms with Gasteiger partial charge in [0.15, 0.2) is 0 Å². The molecule has 5 heteroatoms. The van der Waals surface area contributed by atoms with Gasteiger partial charge in [-0.25, -0.2) is 9.37 Å². The number of aromatic nitrogens is 2. The fourth-order valence-electron chi connectivity index (χ4n) is 1.92. The van der Waals surface area contributed by atoms with Gasteiger partial charge < -0.3 is 4.98 Å². The van der Waals surface area contributed by atoms with Gasteiger partial charge in [-0.3, -0.25) is 4.79 Å². The van der Waals surface area contributed by atoms with E-state index in [4.69, 9.17) is 11.6 Å². The van der Waals surface area contributed by atoms with Gasteiger partial charge in [0.1, 0.15) is 11.0 Å². The van der Waals surface area contributed by atoms with Crippen LogP contribution in [0, 0.1) is 5.82 Å². The normalized spacial score (nSPS) is 10.8. The van der Waals surface area contributed by atoms with Crippen LogP contribution in [0.2, 0.25) is 5.15 Å². The highest BCUT2D eigenvalue weighted by Crippen LogP contribution is 2.20. The lowest BCUT2D eigenvalue weighted by Crippen LogP contribution is -2.08. The maximum atomic E-state index is 12.9. The Morgan fingerprint density at radius 3 is 2.63 bits per heavy atom. The lowest BCUT2D eigenvalue weighted by atomic mass is 10.1. The van der Waals surface area contributed by atoms with Gasteiger partial charge in [-0.2, -0.15) is 0 Å². The average molecular weight is 275 g/mol. The summed E-state index contributed by atoms with van der Waals surface area (Å²) in [5, 5.41) is 1.08. The van der Waals surface area contributed by atoms with Crippen molar-refractivity contribution in [2.24, 2.45) is 0 Å². The van der Waals surface area contributed by atoms with Crippen molar-refractivity contribution in [1.82, 2.24) is 9.97 Å². The van der Waals surface area contributed by atoms with Crippen LogP contribution in [0.5, 0.6) is 0 Å². The molecule has 3 aromatic rings. The molecule has 1 aromatic carbocycles. The second-order valence-corrected chi connectivity index (χ2v) is 4.50. The SMILES string of the molecule is O=c1[nH]c2cc(Cl)ncc2cc1-c1ccc(F)cc1. The molecular formula is C14H8ClFN2O. The van der Waals surface area contributed by atoms with Crippen LogP contribution < -0.4 is 5.56 Å². The molecule has 3 rings (SSSR count). The molecule has 0 unspecified atom stereocenters. The van der Waals surface area contributed by atoms with Crippen LogP contribution in [0.15, 0.2) is 47.4 Å². The molecule has 0 aliphatic carbocycles. The molecule has 2 heterocycles. The Kier molecular flexibility index (Phi) is 2.80. The van der Waals surface area contributed by atoms with Crippen molar-refractivity contribution in [3.63, 3.8) is 0 Å². The lowest BCUT2D eigenvalue weighted by Gasteiger charge is -2.03. The number of hydrogen-bond acceptors (Lipinski definition) is 2. The van der Waals surface area contributed by atoms with Crippen LogP contribution in [-0.2, 0) is 0 Å². The summed E-state index contributed by atoms with van der Waals surface area (Å²) >= 11 is 5.77. The summed E-state index contributed by atoms with van der Waals surface area (Å²) in [4.78, 5) is 18.7. The van der Waals surface area contributed by atoms with E-state index in [0.717, 1.165) is 5.39 Å². The highest BCUT2D eigenvalue weighted by atomic mass is 35.5. The Bertz CT molecular complexity index is 812. The molecule has 19 heavy (non-hydrogen) atoms. The van der Waals surface area contributed by atoms with Crippen molar-refractivity contribution in [3.8, 4) is 11.1 Å². The van der Waals surface area contributed by atoms with Gasteiger partial charge in [-0.05, 0) is 29.8 Å². The predicted octanol–water partition coefficient (Wildman–Crippen LogP) is 3.38. The second kappa shape index (κ2) is 4.48. The Hall–Kier alpha value is -2.20. The zero-order valence-corrected chi connectivity index (χ0v) is 10.4. The Morgan fingerprint density at radius 2 is 1.89 bits per heavy atom. The Morgan fingerprint density at radius 1 is 1.16 bits per heavy atom. The van der Waals surface area contributed by atoms with Gasteiger partial charge in [0.25, 0.3) is 5.56 Å². The van der Waals surface area contributed by atoms with E-state index in [1.807, 2.05) is 0 Å². The average Bonchev–Trinajstić information content (AvgIpc) is 2.39. The Labute approximate surface area is 112 Å². The predicted molar refractivity (Wildman–Crippen MR) is 72.8 cm³/mol. The monoisotopic (exact) mass is 274 g/mol. The first-order chi connectivity index (χ1) is 9.13. The highest BCUT2D eigenvalue weighted by Gasteiger charge is 2.06. The van der Waals surface area contributed by atoms with Crippen molar-refractivity contribution < 1.29 is 4.39 Å². The third-order valence-electron chi connectivity index (χ3n) is 2.85. The molecule has 1 N–H and O–H groups in total. The van der Waals surface area contributed by atoms with Gasteiger partial charge >= 0.3 is 0 Å². The largest absolute Gasteiger partial charge is 0.321 e. The molecule has 0 aliphatic heterocycles. The van der Waals surface area contributed by atoms with Gasteiger partial charge in [0.2, 0.25) is 0 Å². The molecule has 0 saturated carbocycles. The van der Waals surface area contributed by atoms with E-state index in [1.165, 1.54) is 12.1 Å². The minimum Gasteiger partial charge on any atom is -0.321 e. The molecule has 0 aliphatic rings. The van der Waals surface area contributed by atoms with E-state index in [2.05, 4.69) is 9.97 Å². The van der Waals surface area contributed by atoms with Crippen molar-refractivity contribution in [3.05, 3.63) is 63.9 Å². The molecule has 0 radical (unpaired) electrons. The fourth-order valence-corrected chi connectivity index (χ4v) is 2.08. The van der Waals surface area contributed by atoms with Gasteiger partial charge in [0, 0.05) is 17.1 Å². The number of rotatable bonds is 1. The number of fused-ring (bicyclic) bond motifs is 1. The summed E-state index contributed by atoms with van der Waals surface area (Å²) in [6, 6.07) is 9.07. The minimum atomic E-state index is -0.339. The zero-order valence-electron chi connectivity index (χ0n) is 9.65. The first-order valence-electron chi connectivity index (χ1n) is 5.58. The molecule has 0 saturated heterocycles. The first kappa shape index (κ1) is 11.9. The number of benzene rings is 1. The van der Waals surface area contributed by atoms with E-state index in [1.54, 1.807) is 30.5 Å². The van der Waals surface area contributed by atoms with Crippen molar-refractivity contribution >= 4 is 22.5 Å². The first-order valence-corrected chi connectivity index (χ1v) is 5.96. The van der Waals surface area contributed by atoms with Gasteiger partial charge in [-0.15, -0.1) is 0 Å². The van der Waals surface area contributed by atoms with Crippen molar-refractivity contribution in [2.75, 3.05) is 0 Å². The van der Waals surface area contributed by atoms with Crippen molar-refractivity contribution in [2.45, 2.75) is 0 Å². The maximum absolute atomic E-state index is 12.9. The minimum absolute atomic E-state index is 0.249. The van der Waals surface area contributed by atoms with Crippen LogP contribution >= 0.6 is 11.6 Å². The van der Waals surface area contributed by atoms with Crippen molar-refractivity contribution in [1.29, 1.82) is 0 Å². The Balaban J connectivity index is 2.24. The molecule has 3 nitrogen and oxygen atoms in total. The summed E-state index contributed by atoms with van der Waals surface area (Å²) in [7, 11) is 0. The standard InChI is InChI=1S/C14H8ClFN2O/c15-13-6-12-9(7-17-13)5-11(14(19)18-12)8-1-3-10(16)4-2-8/h1-7H,(H,18,19).